The Balaban J connectivity index is 0.973. The molecule has 1 unspecified atom stereocenters. The molecule has 0 aliphatic carbocycles. The molecule has 2 saturated heterocycles. The van der Waals surface area contributed by atoms with E-state index in [1.165, 1.54) is 0 Å². The van der Waals surface area contributed by atoms with Crippen molar-refractivity contribution < 1.29 is 29.1 Å². The highest BCUT2D eigenvalue weighted by Crippen LogP contribution is 2.33. The maximum absolute atomic E-state index is 12.8. The van der Waals surface area contributed by atoms with Gasteiger partial charge in [0.2, 0.25) is 17.8 Å². The van der Waals surface area contributed by atoms with Gasteiger partial charge in [0.05, 0.1) is 30.5 Å². The van der Waals surface area contributed by atoms with Crippen LogP contribution in [0.2, 0.25) is 0 Å². The lowest BCUT2D eigenvalue weighted by molar-refractivity contribution is -0.139. The van der Waals surface area contributed by atoms with Crippen LogP contribution < -0.4 is 43.0 Å². The molecule has 1 aromatic carbocycles. The molecular formula is C32H42N12O6S. The standard InChI is InChI=1S/C32H42N12O6S/c1-44(15-18-14-37-28-26(38-18)27(33)42-31(34)43-28)19-8-6-17(7-9-19)29(47)39-20(30(48)49)10-11-24(46)36-13-12-35-23(45)5-3-2-4-22-25-21(16-51-22)40-32(50)41-25/h6-9,14,20-22,25H,2-5,10-13,15-16H2,1H3,(H,35,45)(H,36,46)(H,39,47)(H,48,49)(H2,40,41,50)(H4,33,34,37,42,43)/t20?,21-,22-,25-/m0/s1. The number of carboxylic acid groups (broad SMARTS) is 1. The Kier molecular flexibility index (Phi) is 12.2. The topological polar surface area (TPSA) is 273 Å². The SMILES string of the molecule is CN(Cc1cnc2nc(N)nc(N)c2n1)c1ccc(C(=O)NC(CCC(=O)NCCNC(=O)CCCC[C@@H]2SC[C@@H]3NC(=O)N[C@@H]32)C(=O)O)cc1. The summed E-state index contributed by atoms with van der Waals surface area (Å²) in [5.74, 6) is -1.33. The van der Waals surface area contributed by atoms with Crippen molar-refractivity contribution in [2.75, 3.05) is 42.3 Å². The van der Waals surface area contributed by atoms with E-state index in [-0.39, 0.29) is 67.3 Å². The molecule has 51 heavy (non-hydrogen) atoms. The smallest absolute Gasteiger partial charge is 0.326 e. The number of hydrogen-bond acceptors (Lipinski definition) is 13. The molecule has 0 bridgehead atoms. The molecule has 4 atom stereocenters. The molecule has 5 amide bonds. The Morgan fingerprint density at radius 2 is 1.75 bits per heavy atom. The number of nitrogens with two attached hydrogens (primary N) is 2. The zero-order valence-electron chi connectivity index (χ0n) is 28.1. The molecule has 0 radical (unpaired) electrons. The lowest BCUT2D eigenvalue weighted by Crippen LogP contribution is -2.42. The number of anilines is 3. The molecule has 5 rings (SSSR count). The number of amides is 5. The summed E-state index contributed by atoms with van der Waals surface area (Å²) in [5.41, 5.74) is 13.8. The van der Waals surface area contributed by atoms with Gasteiger partial charge in [0.25, 0.3) is 5.91 Å². The maximum atomic E-state index is 12.8. The number of benzene rings is 1. The molecule has 0 spiro atoms. The number of rotatable bonds is 17. The largest absolute Gasteiger partial charge is 0.480 e. The van der Waals surface area contributed by atoms with E-state index < -0.39 is 23.8 Å². The average molecular weight is 723 g/mol. The first-order chi connectivity index (χ1) is 24.5. The Morgan fingerprint density at radius 1 is 1.02 bits per heavy atom. The zero-order valence-corrected chi connectivity index (χ0v) is 28.9. The predicted octanol–water partition coefficient (Wildman–Crippen LogP) is 0.142. The fourth-order valence-corrected chi connectivity index (χ4v) is 7.43. The number of fused-ring (bicyclic) bond motifs is 2. The van der Waals surface area contributed by atoms with Crippen molar-refractivity contribution in [2.24, 2.45) is 0 Å². The third kappa shape index (κ3) is 10.1. The summed E-state index contributed by atoms with van der Waals surface area (Å²) in [4.78, 5) is 79.3. The van der Waals surface area contributed by atoms with Crippen LogP contribution in [-0.2, 0) is 20.9 Å². The number of hydrogen-bond donors (Lipinski definition) is 8. The van der Waals surface area contributed by atoms with Gasteiger partial charge in [-0.15, -0.1) is 0 Å². The van der Waals surface area contributed by atoms with Gasteiger partial charge in [-0.1, -0.05) is 6.42 Å². The summed E-state index contributed by atoms with van der Waals surface area (Å²) in [6, 6.07) is 5.50. The number of nitrogen functional groups attached to an aromatic ring is 2. The molecular weight excluding hydrogens is 680 g/mol. The minimum Gasteiger partial charge on any atom is -0.480 e. The van der Waals surface area contributed by atoms with Crippen LogP contribution in [0.15, 0.2) is 30.5 Å². The van der Waals surface area contributed by atoms with E-state index in [0.717, 1.165) is 30.7 Å². The Bertz CT molecular complexity index is 1760. The van der Waals surface area contributed by atoms with Crippen LogP contribution in [0, 0.1) is 0 Å². The van der Waals surface area contributed by atoms with Crippen molar-refractivity contribution in [3.63, 3.8) is 0 Å². The second-order valence-corrected chi connectivity index (χ2v) is 13.6. The molecule has 10 N–H and O–H groups in total. The van der Waals surface area contributed by atoms with Crippen LogP contribution in [-0.4, -0.2) is 104 Å². The van der Waals surface area contributed by atoms with Gasteiger partial charge in [-0.2, -0.15) is 21.7 Å². The first kappa shape index (κ1) is 36.8. The van der Waals surface area contributed by atoms with Crippen molar-refractivity contribution in [3.05, 3.63) is 41.7 Å². The molecule has 3 aromatic rings. The molecule has 19 heteroatoms. The molecule has 2 aromatic heterocycles. The first-order valence-corrected chi connectivity index (χ1v) is 17.6. The summed E-state index contributed by atoms with van der Waals surface area (Å²) >= 11 is 1.84. The third-order valence-corrected chi connectivity index (χ3v) is 10.1. The highest BCUT2D eigenvalue weighted by Gasteiger charge is 2.42. The summed E-state index contributed by atoms with van der Waals surface area (Å²) in [6.45, 7) is 0.787. The number of carboxylic acids is 1. The Hall–Kier alpha value is -5.46. The van der Waals surface area contributed by atoms with E-state index in [1.54, 1.807) is 30.5 Å². The lowest BCUT2D eigenvalue weighted by Gasteiger charge is -2.19. The quantitative estimate of drug-likeness (QED) is 0.0680. The predicted molar refractivity (Wildman–Crippen MR) is 191 cm³/mol. The van der Waals surface area contributed by atoms with E-state index in [0.29, 0.717) is 35.1 Å². The van der Waals surface area contributed by atoms with E-state index >= 15 is 0 Å². The second-order valence-electron chi connectivity index (χ2n) is 12.4. The number of nitrogens with zero attached hydrogens (tertiary/aromatic N) is 5. The van der Waals surface area contributed by atoms with E-state index in [4.69, 9.17) is 11.5 Å². The maximum Gasteiger partial charge on any atom is 0.326 e. The number of aliphatic carboxylic acids is 1. The minimum absolute atomic E-state index is 0.00847. The number of nitrogens with one attached hydrogen (secondary N) is 5. The fraction of sp³-hybridized carbons (Fsp3) is 0.469. The van der Waals surface area contributed by atoms with Crippen LogP contribution in [0.3, 0.4) is 0 Å². The summed E-state index contributed by atoms with van der Waals surface area (Å²) in [6.07, 6.45) is 4.20. The molecule has 4 heterocycles. The molecule has 18 nitrogen and oxygen atoms in total. The highest BCUT2D eigenvalue weighted by molar-refractivity contribution is 8.00. The number of carbonyl (C=O) groups is 5. The van der Waals surface area contributed by atoms with Gasteiger partial charge in [-0.05, 0) is 43.5 Å². The van der Waals surface area contributed by atoms with Gasteiger partial charge in [0.1, 0.15) is 6.04 Å². The minimum atomic E-state index is -1.28. The van der Waals surface area contributed by atoms with Crippen molar-refractivity contribution >= 4 is 70.1 Å². The number of thioether (sulfide) groups is 1. The molecule has 272 valence electrons. The van der Waals surface area contributed by atoms with Crippen LogP contribution in [0.5, 0.6) is 0 Å². The average Bonchev–Trinajstić information content (AvgIpc) is 3.66. The third-order valence-electron chi connectivity index (χ3n) is 8.58. The molecule has 0 saturated carbocycles. The van der Waals surface area contributed by atoms with Crippen molar-refractivity contribution in [1.82, 2.24) is 46.5 Å². The Labute approximate surface area is 297 Å². The summed E-state index contributed by atoms with van der Waals surface area (Å²) < 4.78 is 0. The molecule has 2 fully saturated rings. The number of unbranched alkanes of at least 4 members (excludes halogenated alkanes) is 1. The highest BCUT2D eigenvalue weighted by atomic mass is 32.2. The molecule has 2 aliphatic heterocycles. The van der Waals surface area contributed by atoms with Gasteiger partial charge in [-0.25, -0.2) is 19.6 Å². The van der Waals surface area contributed by atoms with Gasteiger partial charge in [0.15, 0.2) is 17.0 Å². The lowest BCUT2D eigenvalue weighted by atomic mass is 10.0. The van der Waals surface area contributed by atoms with Crippen LogP contribution in [0.4, 0.5) is 22.2 Å². The van der Waals surface area contributed by atoms with Crippen LogP contribution in [0.25, 0.3) is 11.2 Å². The zero-order chi connectivity index (χ0) is 36.5. The number of urea groups is 1. The normalized spacial score (nSPS) is 18.3. The van der Waals surface area contributed by atoms with E-state index in [1.807, 2.05) is 23.7 Å². The van der Waals surface area contributed by atoms with Crippen LogP contribution in [0.1, 0.15) is 54.6 Å². The van der Waals surface area contributed by atoms with Gasteiger partial charge < -0.3 is 48.1 Å². The van der Waals surface area contributed by atoms with Crippen molar-refractivity contribution in [2.45, 2.75) is 68.4 Å². The Morgan fingerprint density at radius 3 is 2.47 bits per heavy atom. The fourth-order valence-electron chi connectivity index (χ4n) is 5.89. The van der Waals surface area contributed by atoms with Crippen molar-refractivity contribution in [1.29, 1.82) is 0 Å². The number of aromatic nitrogens is 4. The van der Waals surface area contributed by atoms with Crippen LogP contribution >= 0.6 is 11.8 Å². The molecule has 2 aliphatic rings. The number of carbonyl (C=O) groups excluding carboxylic acids is 4. The first-order valence-electron chi connectivity index (χ1n) is 16.6. The monoisotopic (exact) mass is 722 g/mol. The van der Waals surface area contributed by atoms with E-state index in [9.17, 15) is 29.1 Å². The van der Waals surface area contributed by atoms with Gasteiger partial charge in [0, 0.05) is 55.2 Å². The van der Waals surface area contributed by atoms with Crippen molar-refractivity contribution in [3.8, 4) is 0 Å². The second kappa shape index (κ2) is 17.0. The van der Waals surface area contributed by atoms with E-state index in [2.05, 4.69) is 46.5 Å². The van der Waals surface area contributed by atoms with Gasteiger partial charge >= 0.3 is 12.0 Å². The van der Waals surface area contributed by atoms with Gasteiger partial charge in [-0.3, -0.25) is 14.4 Å². The summed E-state index contributed by atoms with van der Waals surface area (Å²) in [7, 11) is 1.83. The summed E-state index contributed by atoms with van der Waals surface area (Å²) in [5, 5.41) is 23.8.